The molecule has 0 unspecified atom stereocenters. The number of aromatic nitrogens is 2. The minimum Gasteiger partial charge on any atom is -0.273 e. The van der Waals surface area contributed by atoms with Gasteiger partial charge in [-0.3, -0.25) is 20.4 Å². The number of nitrogens with one attached hydrogen (secondary N) is 2. The predicted octanol–water partition coefficient (Wildman–Crippen LogP) is 3.61. The van der Waals surface area contributed by atoms with Crippen LogP contribution in [0.15, 0.2) is 30.3 Å². The Bertz CT molecular complexity index is 1040. The van der Waals surface area contributed by atoms with E-state index in [0.717, 1.165) is 32.9 Å². The lowest BCUT2D eigenvalue weighted by atomic mass is 9.95. The Morgan fingerprint density at radius 1 is 1.04 bits per heavy atom. The van der Waals surface area contributed by atoms with Gasteiger partial charge in [0.1, 0.15) is 10.7 Å². The van der Waals surface area contributed by atoms with E-state index < -0.39 is 0 Å². The van der Waals surface area contributed by atoms with Crippen LogP contribution in [-0.4, -0.2) is 21.8 Å². The zero-order chi connectivity index (χ0) is 20.5. The molecule has 3 aromatic rings. The molecule has 0 saturated carbocycles. The number of carbonyl (C=O) groups is 2. The van der Waals surface area contributed by atoms with Gasteiger partial charge in [-0.05, 0) is 25.0 Å². The molecule has 0 radical (unpaired) electrons. The fourth-order valence-electron chi connectivity index (χ4n) is 2.90. The molecule has 0 aliphatic rings. The smallest absolute Gasteiger partial charge is 0.273 e. The van der Waals surface area contributed by atoms with E-state index in [1.165, 1.54) is 11.3 Å². The van der Waals surface area contributed by atoms with Gasteiger partial charge in [0.05, 0.1) is 17.0 Å². The van der Waals surface area contributed by atoms with E-state index in [0.29, 0.717) is 4.88 Å². The molecular formula is C21H24N4O2S. The summed E-state index contributed by atoms with van der Waals surface area (Å²) in [7, 11) is 0. The Balaban J connectivity index is 1.77. The molecule has 1 aromatic carbocycles. The zero-order valence-corrected chi connectivity index (χ0v) is 17.5. The SMILES string of the molecule is Cc1nc(C(C)(C)C)nc2sc(C(=O)NNC(=O)Cc3ccccc3)c(C)c12. The molecule has 2 heterocycles. The lowest BCUT2D eigenvalue weighted by Crippen LogP contribution is -2.42. The molecule has 0 aliphatic heterocycles. The lowest BCUT2D eigenvalue weighted by molar-refractivity contribution is -0.121. The number of hydrazine groups is 1. The minimum absolute atomic E-state index is 0.176. The molecule has 3 rings (SSSR count). The normalized spacial score (nSPS) is 11.5. The second kappa shape index (κ2) is 7.67. The largest absolute Gasteiger partial charge is 0.280 e. The van der Waals surface area contributed by atoms with Gasteiger partial charge in [0.25, 0.3) is 5.91 Å². The van der Waals surface area contributed by atoms with E-state index in [1.807, 2.05) is 44.2 Å². The number of carbonyl (C=O) groups excluding carboxylic acids is 2. The van der Waals surface area contributed by atoms with Gasteiger partial charge in [0, 0.05) is 10.8 Å². The summed E-state index contributed by atoms with van der Waals surface area (Å²) < 4.78 is 0. The van der Waals surface area contributed by atoms with Crippen molar-refractivity contribution >= 4 is 33.4 Å². The maximum absolute atomic E-state index is 12.6. The first kappa shape index (κ1) is 19.9. The average Bonchev–Trinajstić information content (AvgIpc) is 2.97. The Kier molecular flexibility index (Phi) is 5.47. The first-order valence-electron chi connectivity index (χ1n) is 9.08. The zero-order valence-electron chi connectivity index (χ0n) is 16.7. The lowest BCUT2D eigenvalue weighted by Gasteiger charge is -2.16. The van der Waals surface area contributed by atoms with Crippen LogP contribution in [0.4, 0.5) is 0 Å². The van der Waals surface area contributed by atoms with Crippen LogP contribution in [0.25, 0.3) is 10.2 Å². The Labute approximate surface area is 168 Å². The molecule has 0 atom stereocenters. The minimum atomic E-state index is -0.348. The Morgan fingerprint density at radius 2 is 1.71 bits per heavy atom. The van der Waals surface area contributed by atoms with E-state index in [1.54, 1.807) is 0 Å². The van der Waals surface area contributed by atoms with E-state index in [9.17, 15) is 9.59 Å². The first-order valence-corrected chi connectivity index (χ1v) is 9.90. The second-order valence-corrected chi connectivity index (χ2v) is 8.78. The maximum Gasteiger partial charge on any atom is 0.280 e. The number of rotatable bonds is 3. The number of thiophene rings is 1. The molecule has 2 aromatic heterocycles. The van der Waals surface area contributed by atoms with E-state index in [2.05, 4.69) is 41.6 Å². The fraction of sp³-hybridized carbons (Fsp3) is 0.333. The van der Waals surface area contributed by atoms with E-state index in [-0.39, 0.29) is 23.7 Å². The number of hydrogen-bond donors (Lipinski definition) is 2. The summed E-state index contributed by atoms with van der Waals surface area (Å²) in [6.45, 7) is 9.99. The van der Waals surface area contributed by atoms with Crippen LogP contribution in [0.2, 0.25) is 0 Å². The molecule has 2 amide bonds. The molecule has 0 saturated heterocycles. The van der Waals surface area contributed by atoms with Crippen molar-refractivity contribution in [2.24, 2.45) is 0 Å². The molecule has 28 heavy (non-hydrogen) atoms. The van der Waals surface area contributed by atoms with Crippen molar-refractivity contribution in [1.82, 2.24) is 20.8 Å². The van der Waals surface area contributed by atoms with Gasteiger partial charge in [0.2, 0.25) is 5.91 Å². The standard InChI is InChI=1S/C21H24N4O2S/c1-12-16-13(2)22-20(21(3,4)5)23-19(16)28-17(12)18(27)25-24-15(26)11-14-9-7-6-8-10-14/h6-10H,11H2,1-5H3,(H,24,26)(H,25,27). The summed E-state index contributed by atoms with van der Waals surface area (Å²) in [5, 5.41) is 0.902. The third kappa shape index (κ3) is 4.20. The highest BCUT2D eigenvalue weighted by atomic mass is 32.1. The van der Waals surface area contributed by atoms with Gasteiger partial charge in [-0.25, -0.2) is 9.97 Å². The van der Waals surface area contributed by atoms with Crippen molar-refractivity contribution in [2.75, 3.05) is 0 Å². The van der Waals surface area contributed by atoms with Crippen molar-refractivity contribution in [3.63, 3.8) is 0 Å². The molecule has 146 valence electrons. The van der Waals surface area contributed by atoms with Crippen LogP contribution in [0.5, 0.6) is 0 Å². The molecule has 0 aliphatic carbocycles. The van der Waals surface area contributed by atoms with Crippen LogP contribution in [-0.2, 0) is 16.6 Å². The quantitative estimate of drug-likeness (QED) is 0.663. The van der Waals surface area contributed by atoms with Gasteiger partial charge < -0.3 is 0 Å². The van der Waals surface area contributed by atoms with Crippen molar-refractivity contribution in [2.45, 2.75) is 46.5 Å². The number of amides is 2. The molecule has 6 nitrogen and oxygen atoms in total. The van der Waals surface area contributed by atoms with Gasteiger partial charge in [-0.15, -0.1) is 11.3 Å². The van der Waals surface area contributed by atoms with Crippen molar-refractivity contribution in [3.8, 4) is 0 Å². The van der Waals surface area contributed by atoms with Gasteiger partial charge >= 0.3 is 0 Å². The summed E-state index contributed by atoms with van der Waals surface area (Å²) in [6, 6.07) is 9.37. The second-order valence-electron chi connectivity index (χ2n) is 7.78. The van der Waals surface area contributed by atoms with Crippen LogP contribution < -0.4 is 10.9 Å². The topological polar surface area (TPSA) is 84.0 Å². The molecule has 7 heteroatoms. The third-order valence-electron chi connectivity index (χ3n) is 4.37. The predicted molar refractivity (Wildman–Crippen MR) is 111 cm³/mol. The number of fused-ring (bicyclic) bond motifs is 1. The van der Waals surface area contributed by atoms with Gasteiger partial charge in [-0.2, -0.15) is 0 Å². The summed E-state index contributed by atoms with van der Waals surface area (Å²) in [5.74, 6) is 0.129. The van der Waals surface area contributed by atoms with Crippen LogP contribution in [0, 0.1) is 13.8 Å². The molecule has 2 N–H and O–H groups in total. The number of nitrogens with zero attached hydrogens (tertiary/aromatic N) is 2. The summed E-state index contributed by atoms with van der Waals surface area (Å²) in [5.41, 5.74) is 7.38. The van der Waals surface area contributed by atoms with Crippen molar-refractivity contribution < 1.29 is 9.59 Å². The summed E-state index contributed by atoms with van der Waals surface area (Å²) >= 11 is 1.32. The van der Waals surface area contributed by atoms with Crippen molar-refractivity contribution in [1.29, 1.82) is 0 Å². The first-order chi connectivity index (χ1) is 13.2. The highest BCUT2D eigenvalue weighted by Crippen LogP contribution is 2.33. The highest BCUT2D eigenvalue weighted by Gasteiger charge is 2.23. The monoisotopic (exact) mass is 396 g/mol. The maximum atomic E-state index is 12.6. The average molecular weight is 397 g/mol. The van der Waals surface area contributed by atoms with Gasteiger partial charge in [0.15, 0.2) is 0 Å². The van der Waals surface area contributed by atoms with Crippen LogP contribution >= 0.6 is 11.3 Å². The summed E-state index contributed by atoms with van der Waals surface area (Å²) in [6.07, 6.45) is 0.200. The highest BCUT2D eigenvalue weighted by molar-refractivity contribution is 7.20. The van der Waals surface area contributed by atoms with Crippen LogP contribution in [0.3, 0.4) is 0 Å². The molecule has 0 bridgehead atoms. The fourth-order valence-corrected chi connectivity index (χ4v) is 4.03. The third-order valence-corrected chi connectivity index (χ3v) is 5.56. The van der Waals surface area contributed by atoms with Gasteiger partial charge in [-0.1, -0.05) is 51.1 Å². The van der Waals surface area contributed by atoms with E-state index >= 15 is 0 Å². The Hall–Kier alpha value is -2.80. The molecule has 0 fully saturated rings. The number of hydrogen-bond acceptors (Lipinski definition) is 5. The number of benzene rings is 1. The van der Waals surface area contributed by atoms with E-state index in [4.69, 9.17) is 0 Å². The number of aryl methyl sites for hydroxylation is 2. The molecule has 0 spiro atoms. The van der Waals surface area contributed by atoms with Crippen LogP contribution in [0.1, 0.15) is 53.1 Å². The van der Waals surface area contributed by atoms with Crippen molar-refractivity contribution in [3.05, 3.63) is 57.9 Å². The molecular weight excluding hydrogens is 372 g/mol. The summed E-state index contributed by atoms with van der Waals surface area (Å²) in [4.78, 5) is 35.3. The Morgan fingerprint density at radius 3 is 2.36 bits per heavy atom.